The quantitative estimate of drug-likeness (QED) is 0.242. The summed E-state index contributed by atoms with van der Waals surface area (Å²) in [6.45, 7) is 2.03. The number of benzene rings is 3. The molecule has 4 nitrogen and oxygen atoms in total. The van der Waals surface area contributed by atoms with Crippen molar-refractivity contribution in [3.8, 4) is 0 Å². The third-order valence-corrected chi connectivity index (χ3v) is 7.88. The summed E-state index contributed by atoms with van der Waals surface area (Å²) in [5.41, 5.74) is 3.95. The molecule has 0 aliphatic rings. The van der Waals surface area contributed by atoms with Crippen LogP contribution in [0.3, 0.4) is 0 Å². The van der Waals surface area contributed by atoms with E-state index in [4.69, 9.17) is 0 Å². The zero-order chi connectivity index (χ0) is 23.6. The number of sulfonamides is 1. The molecule has 1 heterocycles. The van der Waals surface area contributed by atoms with Gasteiger partial charge in [0, 0.05) is 40.3 Å². The Morgan fingerprint density at radius 2 is 1.70 bits per heavy atom. The summed E-state index contributed by atoms with van der Waals surface area (Å²) >= 11 is 2.20. The summed E-state index contributed by atoms with van der Waals surface area (Å²) in [6, 6.07) is 20.9. The Bertz CT molecular complexity index is 1410. The minimum atomic E-state index is -3.80. The van der Waals surface area contributed by atoms with Crippen molar-refractivity contribution in [3.63, 3.8) is 0 Å². The first-order chi connectivity index (χ1) is 15.7. The molecule has 0 atom stereocenters. The Balaban J connectivity index is 1.70. The number of para-hydroxylation sites is 1. The van der Waals surface area contributed by atoms with Gasteiger partial charge in [0.25, 0.3) is 10.0 Å². The van der Waals surface area contributed by atoms with Crippen LogP contribution in [-0.2, 0) is 30.0 Å². The van der Waals surface area contributed by atoms with E-state index in [1.54, 1.807) is 42.6 Å². The fourth-order valence-corrected chi connectivity index (χ4v) is 6.04. The lowest BCUT2D eigenvalue weighted by Crippen LogP contribution is -2.26. The van der Waals surface area contributed by atoms with E-state index in [1.165, 1.54) is 16.4 Å². The maximum atomic E-state index is 13.5. The zero-order valence-corrected chi connectivity index (χ0v) is 21.3. The number of hydrogen-bond acceptors (Lipinski definition) is 2. The first kappa shape index (κ1) is 23.5. The lowest BCUT2D eigenvalue weighted by Gasteiger charge is -2.22. The second kappa shape index (κ2) is 9.69. The van der Waals surface area contributed by atoms with Gasteiger partial charge in [0.15, 0.2) is 0 Å². The topological polar surface area (TPSA) is 42.3 Å². The van der Waals surface area contributed by atoms with Gasteiger partial charge in [0.05, 0.1) is 11.4 Å². The smallest absolute Gasteiger partial charge is 0.264 e. The van der Waals surface area contributed by atoms with E-state index in [9.17, 15) is 12.8 Å². The third kappa shape index (κ3) is 5.30. The molecule has 170 valence electrons. The highest BCUT2D eigenvalue weighted by Gasteiger charge is 2.23. The highest BCUT2D eigenvalue weighted by Crippen LogP contribution is 2.27. The van der Waals surface area contributed by atoms with Crippen LogP contribution < -0.4 is 0 Å². The number of nitrogens with zero attached hydrogens (tertiary/aromatic N) is 2. The molecule has 0 amide bonds. The highest BCUT2D eigenvalue weighted by molar-refractivity contribution is 14.1. The summed E-state index contributed by atoms with van der Waals surface area (Å²) in [5, 5.41) is 1.15. The molecule has 1 aromatic heterocycles. The van der Waals surface area contributed by atoms with Gasteiger partial charge in [-0.2, -0.15) is 0 Å². The van der Waals surface area contributed by atoms with E-state index in [0.717, 1.165) is 25.6 Å². The molecular weight excluding hydrogens is 550 g/mol. The van der Waals surface area contributed by atoms with Gasteiger partial charge < -0.3 is 4.57 Å². The predicted molar refractivity (Wildman–Crippen MR) is 139 cm³/mol. The molecule has 0 N–H and O–H groups in total. The van der Waals surface area contributed by atoms with Gasteiger partial charge in [-0.15, -0.1) is 0 Å². The van der Waals surface area contributed by atoms with Crippen molar-refractivity contribution in [1.29, 1.82) is 0 Å². The van der Waals surface area contributed by atoms with Crippen molar-refractivity contribution >= 4 is 43.5 Å². The van der Waals surface area contributed by atoms with Gasteiger partial charge in [0.2, 0.25) is 0 Å². The fourth-order valence-electron chi connectivity index (χ4n) is 3.77. The number of fused-ring (bicyclic) bond motifs is 1. The van der Waals surface area contributed by atoms with Crippen molar-refractivity contribution in [2.45, 2.75) is 24.8 Å². The van der Waals surface area contributed by atoms with Crippen molar-refractivity contribution < 1.29 is 12.8 Å². The van der Waals surface area contributed by atoms with Crippen molar-refractivity contribution in [2.75, 3.05) is 0 Å². The summed E-state index contributed by atoms with van der Waals surface area (Å²) in [5.74, 6) is -0.354. The standard InChI is InChI=1S/C26H24FIN2O2S/c1-19-7-13-24(14-8-19)33(31,32)30(16-20-9-11-22(27)12-10-20)18-23(28)15-21-17-29(2)26-6-4-3-5-25(21)26/h3-14,17-18H,15-16H2,1-2H3/b23-18-. The maximum Gasteiger partial charge on any atom is 0.264 e. The Morgan fingerprint density at radius 1 is 1.03 bits per heavy atom. The fraction of sp³-hybridized carbons (Fsp3) is 0.154. The minimum Gasteiger partial charge on any atom is -0.350 e. The molecule has 0 aliphatic heterocycles. The molecule has 3 aromatic carbocycles. The average Bonchev–Trinajstić information content (AvgIpc) is 3.10. The van der Waals surface area contributed by atoms with Crippen molar-refractivity contribution in [1.82, 2.24) is 8.87 Å². The number of hydrogen-bond donors (Lipinski definition) is 0. The average molecular weight is 574 g/mol. The van der Waals surface area contributed by atoms with Gasteiger partial charge in [0.1, 0.15) is 5.82 Å². The van der Waals surface area contributed by atoms with E-state index in [0.29, 0.717) is 12.0 Å². The molecule has 4 aromatic rings. The molecule has 0 saturated carbocycles. The number of aryl methyl sites for hydroxylation is 2. The molecule has 0 radical (unpaired) electrons. The van der Waals surface area contributed by atoms with E-state index >= 15 is 0 Å². The monoisotopic (exact) mass is 574 g/mol. The molecule has 0 aliphatic carbocycles. The molecular formula is C26H24FIN2O2S. The van der Waals surface area contributed by atoms with E-state index < -0.39 is 10.0 Å². The van der Waals surface area contributed by atoms with Crippen LogP contribution in [-0.4, -0.2) is 17.3 Å². The molecule has 0 fully saturated rings. The van der Waals surface area contributed by atoms with E-state index in [2.05, 4.69) is 45.5 Å². The molecule has 33 heavy (non-hydrogen) atoms. The summed E-state index contributed by atoms with van der Waals surface area (Å²) in [7, 11) is -1.79. The Kier molecular flexibility index (Phi) is 6.90. The lowest BCUT2D eigenvalue weighted by molar-refractivity contribution is 0.494. The molecule has 0 unspecified atom stereocenters. The number of rotatable bonds is 7. The van der Waals surface area contributed by atoms with Crippen molar-refractivity contribution in [2.24, 2.45) is 7.05 Å². The second-order valence-corrected chi connectivity index (χ2v) is 11.3. The van der Waals surface area contributed by atoms with Crippen LogP contribution in [0.4, 0.5) is 4.39 Å². The molecule has 0 saturated heterocycles. The molecule has 0 spiro atoms. The van der Waals surface area contributed by atoms with Crippen LogP contribution in [0.25, 0.3) is 10.9 Å². The Hall–Kier alpha value is -2.65. The lowest BCUT2D eigenvalue weighted by atomic mass is 10.1. The van der Waals surface area contributed by atoms with Crippen LogP contribution in [0, 0.1) is 12.7 Å². The van der Waals surface area contributed by atoms with E-state index in [-0.39, 0.29) is 17.3 Å². The summed E-state index contributed by atoms with van der Waals surface area (Å²) in [6.07, 6.45) is 4.36. The van der Waals surface area contributed by atoms with Crippen LogP contribution in [0.2, 0.25) is 0 Å². The van der Waals surface area contributed by atoms with Gasteiger partial charge in [-0.1, -0.05) is 48.0 Å². The SMILES string of the molecule is Cc1ccc(S(=O)(=O)N(/C=C(\I)Cc2cn(C)c3ccccc23)Cc2ccc(F)cc2)cc1. The summed E-state index contributed by atoms with van der Waals surface area (Å²) < 4.78 is 44.7. The van der Waals surface area contributed by atoms with Crippen LogP contribution in [0.15, 0.2) is 93.7 Å². The van der Waals surface area contributed by atoms with E-state index in [1.807, 2.05) is 26.1 Å². The van der Waals surface area contributed by atoms with Gasteiger partial charge in [-0.3, -0.25) is 4.31 Å². The van der Waals surface area contributed by atoms with Crippen LogP contribution in [0.1, 0.15) is 16.7 Å². The Labute approximate surface area is 207 Å². The minimum absolute atomic E-state index is 0.110. The van der Waals surface area contributed by atoms with Crippen LogP contribution in [0.5, 0.6) is 0 Å². The third-order valence-electron chi connectivity index (χ3n) is 5.50. The van der Waals surface area contributed by atoms with Crippen molar-refractivity contribution in [3.05, 3.63) is 111 Å². The molecule has 4 rings (SSSR count). The predicted octanol–water partition coefficient (Wildman–Crippen LogP) is 6.34. The van der Waals surface area contributed by atoms with Gasteiger partial charge in [-0.05, 0) is 71.0 Å². The highest BCUT2D eigenvalue weighted by atomic mass is 127. The number of allylic oxidation sites excluding steroid dienone is 1. The molecule has 7 heteroatoms. The van der Waals surface area contributed by atoms with Gasteiger partial charge >= 0.3 is 0 Å². The largest absolute Gasteiger partial charge is 0.350 e. The summed E-state index contributed by atoms with van der Waals surface area (Å²) in [4.78, 5) is 0.223. The Morgan fingerprint density at radius 3 is 2.39 bits per heavy atom. The first-order valence-corrected chi connectivity index (χ1v) is 13.0. The molecule has 0 bridgehead atoms. The zero-order valence-electron chi connectivity index (χ0n) is 18.4. The van der Waals surface area contributed by atoms with Gasteiger partial charge in [-0.25, -0.2) is 12.8 Å². The normalized spacial score (nSPS) is 12.3. The number of halogens is 2. The first-order valence-electron chi connectivity index (χ1n) is 10.5. The van der Waals surface area contributed by atoms with Crippen LogP contribution >= 0.6 is 22.6 Å². The maximum absolute atomic E-state index is 13.5. The number of aromatic nitrogens is 1. The second-order valence-electron chi connectivity index (χ2n) is 8.02.